The molecule has 1 fully saturated rings. The first kappa shape index (κ1) is 32.6. The zero-order chi connectivity index (χ0) is 32.0. The summed E-state index contributed by atoms with van der Waals surface area (Å²) >= 11 is 0. The fourth-order valence-electron chi connectivity index (χ4n) is 5.87. The lowest BCUT2D eigenvalue weighted by molar-refractivity contribution is -0.157. The van der Waals surface area contributed by atoms with Gasteiger partial charge in [0.2, 0.25) is 23.6 Å². The Morgan fingerprint density at radius 3 is 2.16 bits per heavy atom. The summed E-state index contributed by atoms with van der Waals surface area (Å²) in [5.74, 6) is -1.59. The normalized spacial score (nSPS) is 16.7. The fraction of sp³-hybridized carbons (Fsp3) is 0.429. The van der Waals surface area contributed by atoms with E-state index in [2.05, 4.69) is 10.6 Å². The minimum absolute atomic E-state index is 0.0824. The van der Waals surface area contributed by atoms with Crippen molar-refractivity contribution in [2.75, 3.05) is 13.1 Å². The van der Waals surface area contributed by atoms with Crippen molar-refractivity contribution < 1.29 is 23.6 Å². The summed E-state index contributed by atoms with van der Waals surface area (Å²) in [4.78, 5) is 57.2. The Morgan fingerprint density at radius 1 is 0.864 bits per heavy atom. The second kappa shape index (κ2) is 14.5. The van der Waals surface area contributed by atoms with Crippen molar-refractivity contribution in [2.24, 2.45) is 5.92 Å². The van der Waals surface area contributed by atoms with Crippen LogP contribution in [-0.4, -0.2) is 70.7 Å². The van der Waals surface area contributed by atoms with Gasteiger partial charge in [-0.3, -0.25) is 19.2 Å². The molecule has 0 aromatic heterocycles. The van der Waals surface area contributed by atoms with Crippen molar-refractivity contribution in [3.63, 3.8) is 0 Å². The molecule has 0 aliphatic carbocycles. The van der Waals surface area contributed by atoms with Gasteiger partial charge in [0.05, 0.1) is 0 Å². The van der Waals surface area contributed by atoms with E-state index in [-0.39, 0.29) is 55.1 Å². The molecule has 1 saturated heterocycles. The summed E-state index contributed by atoms with van der Waals surface area (Å²) in [6, 6.07) is 17.2. The lowest BCUT2D eigenvalue weighted by Gasteiger charge is -2.45. The number of nitrogens with one attached hydrogen (secondary N) is 2. The molecule has 4 amide bonds. The third-order valence-electron chi connectivity index (χ3n) is 7.89. The fourth-order valence-corrected chi connectivity index (χ4v) is 5.87. The second-order valence-corrected chi connectivity index (χ2v) is 12.4. The summed E-state index contributed by atoms with van der Waals surface area (Å²) in [6.45, 7) is 9.46. The van der Waals surface area contributed by atoms with E-state index in [0.717, 1.165) is 16.3 Å². The zero-order valence-corrected chi connectivity index (χ0v) is 26.2. The zero-order valence-electron chi connectivity index (χ0n) is 26.2. The Kier molecular flexibility index (Phi) is 10.7. The van der Waals surface area contributed by atoms with Crippen molar-refractivity contribution in [1.29, 1.82) is 0 Å². The Bertz CT molecular complexity index is 1490. The minimum atomic E-state index is -0.926. The van der Waals surface area contributed by atoms with E-state index >= 15 is 0 Å². The molecule has 3 aromatic carbocycles. The molecule has 1 aliphatic heterocycles. The van der Waals surface area contributed by atoms with E-state index in [0.29, 0.717) is 18.4 Å². The number of halogens is 1. The van der Waals surface area contributed by atoms with Gasteiger partial charge in [-0.25, -0.2) is 4.39 Å². The largest absolute Gasteiger partial charge is 0.352 e. The number of fused-ring (bicyclic) bond motifs is 1. The molecule has 0 bridgehead atoms. The Morgan fingerprint density at radius 2 is 1.52 bits per heavy atom. The predicted molar refractivity (Wildman–Crippen MR) is 169 cm³/mol. The highest BCUT2D eigenvalue weighted by atomic mass is 19.1. The van der Waals surface area contributed by atoms with Crippen LogP contribution in [-0.2, 0) is 32.0 Å². The smallest absolute Gasteiger partial charge is 0.246 e. The molecule has 44 heavy (non-hydrogen) atoms. The summed E-state index contributed by atoms with van der Waals surface area (Å²) in [5, 5.41) is 7.87. The van der Waals surface area contributed by atoms with E-state index in [1.54, 1.807) is 21.9 Å². The van der Waals surface area contributed by atoms with Crippen LogP contribution in [0.4, 0.5) is 4.39 Å². The number of carbonyl (C=O) groups is 4. The van der Waals surface area contributed by atoms with Crippen molar-refractivity contribution >= 4 is 34.4 Å². The van der Waals surface area contributed by atoms with Gasteiger partial charge >= 0.3 is 0 Å². The highest BCUT2D eigenvalue weighted by Crippen LogP contribution is 2.25. The van der Waals surface area contributed by atoms with Gasteiger partial charge in [-0.15, -0.1) is 0 Å². The van der Waals surface area contributed by atoms with Crippen LogP contribution in [0.25, 0.3) is 10.8 Å². The number of piperazine rings is 1. The van der Waals surface area contributed by atoms with Crippen LogP contribution < -0.4 is 10.6 Å². The van der Waals surface area contributed by atoms with Crippen LogP contribution in [0, 0.1) is 11.7 Å². The molecule has 3 atom stereocenters. The maximum atomic E-state index is 14.3. The molecule has 0 radical (unpaired) electrons. The maximum absolute atomic E-state index is 14.3. The van der Waals surface area contributed by atoms with Crippen molar-refractivity contribution in [3.8, 4) is 0 Å². The second-order valence-electron chi connectivity index (χ2n) is 12.4. The Labute approximate surface area is 259 Å². The highest BCUT2D eigenvalue weighted by Gasteiger charge is 2.43. The molecule has 4 rings (SSSR count). The standard InChI is InChI=1S/C35H43FN4O4/c1-22(2)18-32-35(44)39(16-17-40(32)34(43)30(38-24(5)41)20-25-11-14-29(36)15-12-25)31(33(42)37-23(3)4)21-26-10-13-27-8-6-7-9-28(27)19-26/h6-15,19,22-23,30-32H,16-18,20-21H2,1-5H3,(H,37,42)(H,38,41)/t30-,31+,32+/m1/s1. The van der Waals surface area contributed by atoms with E-state index in [9.17, 15) is 23.6 Å². The van der Waals surface area contributed by atoms with E-state index < -0.39 is 23.9 Å². The van der Waals surface area contributed by atoms with Crippen LogP contribution in [0.2, 0.25) is 0 Å². The first-order chi connectivity index (χ1) is 20.9. The van der Waals surface area contributed by atoms with Crippen molar-refractivity contribution in [3.05, 3.63) is 83.7 Å². The van der Waals surface area contributed by atoms with E-state index in [1.165, 1.54) is 19.1 Å². The molecule has 0 spiro atoms. The number of rotatable bonds is 11. The summed E-state index contributed by atoms with van der Waals surface area (Å²) in [6.07, 6.45) is 0.887. The van der Waals surface area contributed by atoms with Crippen molar-refractivity contribution in [1.82, 2.24) is 20.4 Å². The number of amides is 4. The van der Waals surface area contributed by atoms with Gasteiger partial charge in [-0.2, -0.15) is 0 Å². The number of hydrogen-bond donors (Lipinski definition) is 2. The SMILES string of the molecule is CC(=O)N[C@H](Cc1ccc(F)cc1)C(=O)N1CCN([C@@H](Cc2ccc3ccccc3c2)C(=O)NC(C)C)C(=O)[C@@H]1CC(C)C. The topological polar surface area (TPSA) is 98.8 Å². The molecule has 2 N–H and O–H groups in total. The van der Waals surface area contributed by atoms with Crippen LogP contribution >= 0.6 is 0 Å². The monoisotopic (exact) mass is 602 g/mol. The first-order valence-corrected chi connectivity index (χ1v) is 15.3. The summed E-state index contributed by atoms with van der Waals surface area (Å²) in [7, 11) is 0. The minimum Gasteiger partial charge on any atom is -0.352 e. The quantitative estimate of drug-likeness (QED) is 0.343. The molecular weight excluding hydrogens is 559 g/mol. The van der Waals surface area contributed by atoms with E-state index in [1.807, 2.05) is 70.2 Å². The molecular formula is C35H43FN4O4. The third-order valence-corrected chi connectivity index (χ3v) is 7.89. The molecule has 234 valence electrons. The lowest BCUT2D eigenvalue weighted by Crippen LogP contribution is -2.66. The Hall–Kier alpha value is -4.27. The summed E-state index contributed by atoms with van der Waals surface area (Å²) < 4.78 is 13.5. The van der Waals surface area contributed by atoms with Crippen LogP contribution in [0.15, 0.2) is 66.7 Å². The Balaban J connectivity index is 1.63. The molecule has 0 unspecified atom stereocenters. The molecule has 1 heterocycles. The lowest BCUT2D eigenvalue weighted by atomic mass is 9.94. The van der Waals surface area contributed by atoms with Crippen LogP contribution in [0.1, 0.15) is 52.2 Å². The van der Waals surface area contributed by atoms with Crippen LogP contribution in [0.3, 0.4) is 0 Å². The van der Waals surface area contributed by atoms with Gasteiger partial charge in [0, 0.05) is 38.9 Å². The average molecular weight is 603 g/mol. The third kappa shape index (κ3) is 8.21. The maximum Gasteiger partial charge on any atom is 0.246 e. The number of benzene rings is 3. The molecule has 0 saturated carbocycles. The van der Waals surface area contributed by atoms with Gasteiger partial charge in [-0.05, 0) is 60.2 Å². The highest BCUT2D eigenvalue weighted by molar-refractivity contribution is 5.95. The van der Waals surface area contributed by atoms with Gasteiger partial charge in [0.25, 0.3) is 0 Å². The van der Waals surface area contributed by atoms with E-state index in [4.69, 9.17) is 0 Å². The average Bonchev–Trinajstić information content (AvgIpc) is 2.96. The number of nitrogens with zero attached hydrogens (tertiary/aromatic N) is 2. The molecule has 1 aliphatic rings. The van der Waals surface area contributed by atoms with Gasteiger partial charge in [0.15, 0.2) is 0 Å². The summed E-state index contributed by atoms with van der Waals surface area (Å²) in [5.41, 5.74) is 1.62. The van der Waals surface area contributed by atoms with Gasteiger partial charge in [-0.1, -0.05) is 68.4 Å². The molecule has 9 heteroatoms. The molecule has 3 aromatic rings. The molecule has 8 nitrogen and oxygen atoms in total. The van der Waals surface area contributed by atoms with Crippen molar-refractivity contribution in [2.45, 2.75) is 78.0 Å². The van der Waals surface area contributed by atoms with Crippen LogP contribution in [0.5, 0.6) is 0 Å². The first-order valence-electron chi connectivity index (χ1n) is 15.3. The number of hydrogen-bond acceptors (Lipinski definition) is 4. The number of carbonyl (C=O) groups excluding carboxylic acids is 4. The predicted octanol–water partition coefficient (Wildman–Crippen LogP) is 4.25. The van der Waals surface area contributed by atoms with Gasteiger partial charge in [0.1, 0.15) is 23.9 Å². The van der Waals surface area contributed by atoms with Gasteiger partial charge < -0.3 is 20.4 Å².